The number of carbonyl (C=O) groups excluding carboxylic acids is 2. The molecule has 1 fully saturated rings. The van der Waals surface area contributed by atoms with Crippen LogP contribution in [0.15, 0.2) is 28.7 Å². The minimum absolute atomic E-state index is 0.232. The Hall–Kier alpha value is -1.80. The van der Waals surface area contributed by atoms with Gasteiger partial charge in [-0.1, -0.05) is 12.1 Å². The second-order valence-electron chi connectivity index (χ2n) is 7.17. The van der Waals surface area contributed by atoms with Gasteiger partial charge in [0.25, 0.3) is 0 Å². The molecule has 1 aliphatic rings. The minimum atomic E-state index is -0.473. The van der Waals surface area contributed by atoms with Crippen LogP contribution in [0.4, 0.5) is 15.3 Å². The molecule has 3 amide bonds. The van der Waals surface area contributed by atoms with E-state index in [9.17, 15) is 9.59 Å². The van der Waals surface area contributed by atoms with Crippen molar-refractivity contribution < 1.29 is 14.3 Å². The molecule has 0 bridgehead atoms. The Morgan fingerprint density at radius 3 is 2.42 bits per heavy atom. The summed E-state index contributed by atoms with van der Waals surface area (Å²) in [7, 11) is 0. The number of urea groups is 1. The molecule has 0 radical (unpaired) electrons. The van der Waals surface area contributed by atoms with Crippen LogP contribution >= 0.6 is 15.9 Å². The maximum absolute atomic E-state index is 12.0. The number of halogens is 1. The number of nitrogens with one attached hydrogen (secondary N) is 2. The summed E-state index contributed by atoms with van der Waals surface area (Å²) in [5.74, 6) is 0. The molecule has 0 atom stereocenters. The molecule has 0 saturated carbocycles. The van der Waals surface area contributed by atoms with Gasteiger partial charge in [0, 0.05) is 43.7 Å². The molecule has 2 rings (SSSR count). The molecule has 1 aromatic rings. The third-order valence-corrected chi connectivity index (χ3v) is 4.55. The van der Waals surface area contributed by atoms with E-state index >= 15 is 0 Å². The largest absolute Gasteiger partial charge is 0.444 e. The second kappa shape index (κ2) is 9.23. The predicted molar refractivity (Wildman–Crippen MR) is 105 cm³/mol. The van der Waals surface area contributed by atoms with Crippen molar-refractivity contribution in [3.8, 4) is 0 Å². The Balaban J connectivity index is 1.65. The Labute approximate surface area is 163 Å². The van der Waals surface area contributed by atoms with Crippen molar-refractivity contribution in [1.82, 2.24) is 15.1 Å². The number of hydrogen-bond donors (Lipinski definition) is 2. The Morgan fingerprint density at radius 2 is 1.81 bits per heavy atom. The van der Waals surface area contributed by atoms with E-state index in [-0.39, 0.29) is 12.1 Å². The van der Waals surface area contributed by atoms with Crippen LogP contribution in [0.1, 0.15) is 20.8 Å². The van der Waals surface area contributed by atoms with Crippen molar-refractivity contribution in [1.29, 1.82) is 0 Å². The molecule has 144 valence electrons. The zero-order valence-corrected chi connectivity index (χ0v) is 17.1. The first kappa shape index (κ1) is 20.5. The summed E-state index contributed by atoms with van der Waals surface area (Å²) in [6.45, 7) is 9.70. The number of rotatable bonds is 4. The zero-order valence-electron chi connectivity index (χ0n) is 15.5. The van der Waals surface area contributed by atoms with Gasteiger partial charge in [-0.3, -0.25) is 4.90 Å². The zero-order chi connectivity index (χ0) is 19.2. The highest BCUT2D eigenvalue weighted by molar-refractivity contribution is 9.10. The van der Waals surface area contributed by atoms with Gasteiger partial charge in [0.15, 0.2) is 0 Å². The van der Waals surface area contributed by atoms with E-state index in [4.69, 9.17) is 4.74 Å². The SMILES string of the molecule is CC(C)(C)OC(=O)N1CCN(CCNC(=O)Nc2ccccc2Br)CC1. The number of hydrogen-bond acceptors (Lipinski definition) is 4. The van der Waals surface area contributed by atoms with Gasteiger partial charge in [-0.2, -0.15) is 0 Å². The number of carbonyl (C=O) groups is 2. The summed E-state index contributed by atoms with van der Waals surface area (Å²) in [6.07, 6.45) is -0.261. The lowest BCUT2D eigenvalue weighted by molar-refractivity contribution is 0.0147. The van der Waals surface area contributed by atoms with Crippen LogP contribution in [-0.2, 0) is 4.74 Å². The van der Waals surface area contributed by atoms with E-state index in [0.717, 1.165) is 29.8 Å². The van der Waals surface area contributed by atoms with Crippen molar-refractivity contribution in [2.75, 3.05) is 44.6 Å². The molecule has 7 nitrogen and oxygen atoms in total. The predicted octanol–water partition coefficient (Wildman–Crippen LogP) is 3.12. The summed E-state index contributed by atoms with van der Waals surface area (Å²) in [4.78, 5) is 27.9. The highest BCUT2D eigenvalue weighted by atomic mass is 79.9. The number of ether oxygens (including phenoxy) is 1. The molecule has 26 heavy (non-hydrogen) atoms. The summed E-state index contributed by atoms with van der Waals surface area (Å²) in [5, 5.41) is 5.66. The molecule has 0 aromatic heterocycles. The van der Waals surface area contributed by atoms with Gasteiger partial charge in [-0.15, -0.1) is 0 Å². The van der Waals surface area contributed by atoms with Crippen LogP contribution < -0.4 is 10.6 Å². The highest BCUT2D eigenvalue weighted by Gasteiger charge is 2.25. The van der Waals surface area contributed by atoms with Crippen LogP contribution in [0.3, 0.4) is 0 Å². The van der Waals surface area contributed by atoms with Crippen LogP contribution in [-0.4, -0.2) is 66.8 Å². The van der Waals surface area contributed by atoms with Gasteiger partial charge < -0.3 is 20.3 Å². The molecule has 0 unspecified atom stereocenters. The fraction of sp³-hybridized carbons (Fsp3) is 0.556. The number of benzene rings is 1. The first-order valence-electron chi connectivity index (χ1n) is 8.74. The number of nitrogens with zero attached hydrogens (tertiary/aromatic N) is 2. The van der Waals surface area contributed by atoms with Gasteiger partial charge in [-0.25, -0.2) is 9.59 Å². The van der Waals surface area contributed by atoms with Gasteiger partial charge >= 0.3 is 12.1 Å². The maximum Gasteiger partial charge on any atom is 0.410 e. The molecule has 0 spiro atoms. The molecule has 0 aliphatic carbocycles. The van der Waals surface area contributed by atoms with Crippen LogP contribution in [0, 0.1) is 0 Å². The van der Waals surface area contributed by atoms with E-state index in [1.54, 1.807) is 4.90 Å². The Kier molecular flexibility index (Phi) is 7.28. The maximum atomic E-state index is 12.0. The Morgan fingerprint density at radius 1 is 1.15 bits per heavy atom. The lowest BCUT2D eigenvalue weighted by Crippen LogP contribution is -2.51. The molecular formula is C18H27BrN4O3. The van der Waals surface area contributed by atoms with Crippen LogP contribution in [0.25, 0.3) is 0 Å². The average Bonchev–Trinajstić information content (AvgIpc) is 2.56. The second-order valence-corrected chi connectivity index (χ2v) is 8.02. The summed E-state index contributed by atoms with van der Waals surface area (Å²) in [6, 6.07) is 7.23. The fourth-order valence-corrected chi connectivity index (χ4v) is 2.92. The van der Waals surface area contributed by atoms with E-state index in [1.807, 2.05) is 45.0 Å². The van der Waals surface area contributed by atoms with Crippen LogP contribution in [0.2, 0.25) is 0 Å². The standard InChI is InChI=1S/C18H27BrN4O3/c1-18(2,3)26-17(25)23-12-10-22(11-13-23)9-8-20-16(24)21-15-7-5-4-6-14(15)19/h4-7H,8-13H2,1-3H3,(H2,20,21,24). The first-order chi connectivity index (χ1) is 12.2. The minimum Gasteiger partial charge on any atom is -0.444 e. The molecule has 2 N–H and O–H groups in total. The molecule has 1 aromatic carbocycles. The molecule has 1 saturated heterocycles. The lowest BCUT2D eigenvalue weighted by atomic mass is 10.2. The Bertz CT molecular complexity index is 625. The molecule has 8 heteroatoms. The van der Waals surface area contributed by atoms with E-state index in [0.29, 0.717) is 19.6 Å². The van der Waals surface area contributed by atoms with Gasteiger partial charge in [0.1, 0.15) is 5.60 Å². The van der Waals surface area contributed by atoms with Crippen molar-refractivity contribution in [2.24, 2.45) is 0 Å². The quantitative estimate of drug-likeness (QED) is 0.775. The molecule has 1 aliphatic heterocycles. The summed E-state index contributed by atoms with van der Waals surface area (Å²) in [5.41, 5.74) is 0.259. The van der Waals surface area contributed by atoms with Crippen LogP contribution in [0.5, 0.6) is 0 Å². The molecule has 1 heterocycles. The van der Waals surface area contributed by atoms with Gasteiger partial charge in [-0.05, 0) is 48.8 Å². The topological polar surface area (TPSA) is 73.9 Å². The van der Waals surface area contributed by atoms with Crippen molar-refractivity contribution in [3.63, 3.8) is 0 Å². The van der Waals surface area contributed by atoms with Gasteiger partial charge in [0.2, 0.25) is 0 Å². The van der Waals surface area contributed by atoms with E-state index in [1.165, 1.54) is 0 Å². The fourth-order valence-electron chi connectivity index (χ4n) is 2.54. The number of para-hydroxylation sites is 1. The van der Waals surface area contributed by atoms with E-state index in [2.05, 4.69) is 31.5 Å². The monoisotopic (exact) mass is 426 g/mol. The van der Waals surface area contributed by atoms with Crippen molar-refractivity contribution in [3.05, 3.63) is 28.7 Å². The first-order valence-corrected chi connectivity index (χ1v) is 9.53. The normalized spacial score (nSPS) is 15.5. The lowest BCUT2D eigenvalue weighted by Gasteiger charge is -2.35. The number of amides is 3. The third kappa shape index (κ3) is 6.84. The number of anilines is 1. The van der Waals surface area contributed by atoms with Crippen molar-refractivity contribution in [2.45, 2.75) is 26.4 Å². The molecular weight excluding hydrogens is 400 g/mol. The van der Waals surface area contributed by atoms with E-state index < -0.39 is 5.60 Å². The van der Waals surface area contributed by atoms with Crippen molar-refractivity contribution >= 4 is 33.7 Å². The number of piperazine rings is 1. The summed E-state index contributed by atoms with van der Waals surface area (Å²) >= 11 is 3.40. The highest BCUT2D eigenvalue weighted by Crippen LogP contribution is 2.20. The van der Waals surface area contributed by atoms with Gasteiger partial charge in [0.05, 0.1) is 5.69 Å². The third-order valence-electron chi connectivity index (χ3n) is 3.86. The smallest absolute Gasteiger partial charge is 0.410 e. The average molecular weight is 427 g/mol. The summed E-state index contributed by atoms with van der Waals surface area (Å²) < 4.78 is 6.23.